The second-order valence-electron chi connectivity index (χ2n) is 11.1. The van der Waals surface area contributed by atoms with Crippen LogP contribution in [-0.4, -0.2) is 40.1 Å². The average molecular weight is 520 g/mol. The molecule has 0 bridgehead atoms. The molecule has 1 aromatic heterocycles. The van der Waals surface area contributed by atoms with Crippen molar-refractivity contribution in [2.45, 2.75) is 84.7 Å². The Hall–Kier alpha value is -2.77. The number of carbonyl (C=O) groups is 1. The van der Waals surface area contributed by atoms with Crippen molar-refractivity contribution >= 4 is 27.5 Å². The number of rotatable bonds is 9. The molecule has 6 nitrogen and oxygen atoms in total. The van der Waals surface area contributed by atoms with Gasteiger partial charge in [-0.2, -0.15) is 0 Å². The molecule has 1 aliphatic heterocycles. The van der Waals surface area contributed by atoms with Crippen LogP contribution in [0.5, 0.6) is 0 Å². The number of hydrogen-bond acceptors (Lipinski definition) is 6. The summed E-state index contributed by atoms with van der Waals surface area (Å²) >= 11 is 1.41. The molecule has 1 amide bonds. The van der Waals surface area contributed by atoms with Gasteiger partial charge in [-0.1, -0.05) is 95.3 Å². The number of nitrogens with zero attached hydrogens (tertiary/aromatic N) is 3. The summed E-state index contributed by atoms with van der Waals surface area (Å²) in [4.78, 5) is 16.0. The van der Waals surface area contributed by atoms with Gasteiger partial charge in [0.2, 0.25) is 10.3 Å². The molecule has 2 heterocycles. The maximum absolute atomic E-state index is 13.5. The minimum Gasteiger partial charge on any atom is -0.357 e. The number of anilines is 2. The van der Waals surface area contributed by atoms with E-state index in [0.717, 1.165) is 54.3 Å². The van der Waals surface area contributed by atoms with Crippen molar-refractivity contribution in [3.63, 3.8) is 0 Å². The first-order valence-corrected chi connectivity index (χ1v) is 14.4. The standard InChI is InChI=1S/C30H41N5OS/c1-19(2)23-16-25(20(3)4)27(26(17-23)21(5)6)28(36)32-30-34-33-29(37-30)31-24-12-14-35(15-13-24)18-22-10-8-7-9-11-22/h7-11,16-17,19-21,24H,12-15,18H2,1-6H3,(H,31,33)(H,32,34,36). The maximum atomic E-state index is 13.5. The smallest absolute Gasteiger partial charge is 0.258 e. The highest BCUT2D eigenvalue weighted by molar-refractivity contribution is 7.19. The number of likely N-dealkylation sites (tertiary alicyclic amines) is 1. The SMILES string of the molecule is CC(C)c1cc(C(C)C)c(C(=O)Nc2nnc(NC3CCN(Cc4ccccc4)CC3)s2)c(C(C)C)c1. The topological polar surface area (TPSA) is 70.1 Å². The van der Waals surface area contributed by atoms with Gasteiger partial charge in [0.1, 0.15) is 0 Å². The van der Waals surface area contributed by atoms with Crippen molar-refractivity contribution in [1.29, 1.82) is 0 Å². The first-order chi connectivity index (χ1) is 17.7. The first-order valence-electron chi connectivity index (χ1n) is 13.6. The van der Waals surface area contributed by atoms with E-state index in [-0.39, 0.29) is 17.7 Å². The van der Waals surface area contributed by atoms with Crippen LogP contribution in [0.25, 0.3) is 0 Å². The zero-order chi connectivity index (χ0) is 26.5. The molecule has 1 saturated heterocycles. The fourth-order valence-corrected chi connectivity index (χ4v) is 5.68. The highest BCUT2D eigenvalue weighted by Gasteiger charge is 2.24. The van der Waals surface area contributed by atoms with Gasteiger partial charge >= 0.3 is 0 Å². The Bertz CT molecular complexity index is 1150. The summed E-state index contributed by atoms with van der Waals surface area (Å²) in [6.07, 6.45) is 2.12. The summed E-state index contributed by atoms with van der Waals surface area (Å²) in [5.41, 5.74) is 5.61. The van der Waals surface area contributed by atoms with E-state index in [1.807, 2.05) is 0 Å². The number of nitrogens with one attached hydrogen (secondary N) is 2. The van der Waals surface area contributed by atoms with Crippen LogP contribution in [0, 0.1) is 0 Å². The summed E-state index contributed by atoms with van der Waals surface area (Å²) in [5.74, 6) is 0.807. The molecule has 0 aliphatic carbocycles. The van der Waals surface area contributed by atoms with E-state index in [9.17, 15) is 4.79 Å². The first kappa shape index (κ1) is 27.3. The second kappa shape index (κ2) is 12.2. The zero-order valence-electron chi connectivity index (χ0n) is 23.0. The minimum atomic E-state index is -0.0976. The van der Waals surface area contributed by atoms with Crippen LogP contribution >= 0.6 is 11.3 Å². The Labute approximate surface area is 225 Å². The van der Waals surface area contributed by atoms with Crippen LogP contribution in [0.2, 0.25) is 0 Å². The molecule has 0 saturated carbocycles. The van der Waals surface area contributed by atoms with Gasteiger partial charge in [0, 0.05) is 31.2 Å². The van der Waals surface area contributed by atoms with Crippen molar-refractivity contribution in [2.75, 3.05) is 23.7 Å². The highest BCUT2D eigenvalue weighted by Crippen LogP contribution is 2.33. The van der Waals surface area contributed by atoms with Crippen LogP contribution in [-0.2, 0) is 6.54 Å². The predicted molar refractivity (Wildman–Crippen MR) is 155 cm³/mol. The summed E-state index contributed by atoms with van der Waals surface area (Å²) in [6.45, 7) is 16.1. The normalized spacial score (nSPS) is 15.1. The van der Waals surface area contributed by atoms with Crippen LogP contribution in [0.3, 0.4) is 0 Å². The second-order valence-corrected chi connectivity index (χ2v) is 12.1. The van der Waals surface area contributed by atoms with Gasteiger partial charge in [0.25, 0.3) is 5.91 Å². The molecule has 1 aliphatic rings. The van der Waals surface area contributed by atoms with Gasteiger partial charge in [-0.3, -0.25) is 15.0 Å². The molecule has 0 radical (unpaired) electrons. The lowest BCUT2D eigenvalue weighted by atomic mass is 9.84. The molecule has 1 fully saturated rings. The molecule has 4 rings (SSSR count). The third-order valence-corrected chi connectivity index (χ3v) is 7.94. The molecule has 0 spiro atoms. The average Bonchev–Trinajstić information content (AvgIpc) is 3.31. The summed E-state index contributed by atoms with van der Waals surface area (Å²) in [7, 11) is 0. The van der Waals surface area contributed by atoms with Crippen molar-refractivity contribution in [3.05, 3.63) is 70.3 Å². The minimum absolute atomic E-state index is 0.0976. The van der Waals surface area contributed by atoms with E-state index in [1.54, 1.807) is 0 Å². The monoisotopic (exact) mass is 519 g/mol. The molecule has 2 aromatic carbocycles. The number of carbonyl (C=O) groups excluding carboxylic acids is 1. The fraction of sp³-hybridized carbons (Fsp3) is 0.500. The van der Waals surface area contributed by atoms with Gasteiger partial charge in [0.05, 0.1) is 0 Å². The van der Waals surface area contributed by atoms with Crippen molar-refractivity contribution in [1.82, 2.24) is 15.1 Å². The third kappa shape index (κ3) is 6.96. The molecule has 3 aromatic rings. The molecular formula is C30H41N5OS. The lowest BCUT2D eigenvalue weighted by Gasteiger charge is -2.32. The molecule has 0 unspecified atom stereocenters. The Kier molecular flexibility index (Phi) is 8.98. The van der Waals surface area contributed by atoms with E-state index in [2.05, 4.69) is 110 Å². The van der Waals surface area contributed by atoms with Crippen LogP contribution in [0.15, 0.2) is 42.5 Å². The molecule has 198 valence electrons. The molecule has 37 heavy (non-hydrogen) atoms. The number of hydrogen-bond donors (Lipinski definition) is 2. The van der Waals surface area contributed by atoms with E-state index < -0.39 is 0 Å². The molecule has 2 N–H and O–H groups in total. The van der Waals surface area contributed by atoms with E-state index in [4.69, 9.17) is 0 Å². The fourth-order valence-electron chi connectivity index (χ4n) is 4.96. The van der Waals surface area contributed by atoms with Crippen LogP contribution < -0.4 is 10.6 Å². The Morgan fingerprint density at radius 1 is 0.919 bits per heavy atom. The number of aromatic nitrogens is 2. The van der Waals surface area contributed by atoms with Gasteiger partial charge in [-0.25, -0.2) is 0 Å². The van der Waals surface area contributed by atoms with E-state index >= 15 is 0 Å². The molecular weight excluding hydrogens is 478 g/mol. The van der Waals surface area contributed by atoms with Gasteiger partial charge in [-0.15, -0.1) is 10.2 Å². The lowest BCUT2D eigenvalue weighted by Crippen LogP contribution is -2.38. The van der Waals surface area contributed by atoms with Crippen molar-refractivity contribution in [3.8, 4) is 0 Å². The van der Waals surface area contributed by atoms with Crippen LogP contribution in [0.4, 0.5) is 10.3 Å². The quantitative estimate of drug-likeness (QED) is 0.312. The Morgan fingerprint density at radius 3 is 2.08 bits per heavy atom. The van der Waals surface area contributed by atoms with Crippen molar-refractivity contribution in [2.24, 2.45) is 0 Å². The Balaban J connectivity index is 1.39. The number of benzene rings is 2. The molecule has 0 atom stereocenters. The maximum Gasteiger partial charge on any atom is 0.258 e. The Morgan fingerprint density at radius 2 is 1.51 bits per heavy atom. The predicted octanol–water partition coefficient (Wildman–Crippen LogP) is 7.24. The van der Waals surface area contributed by atoms with Gasteiger partial charge < -0.3 is 5.32 Å². The van der Waals surface area contributed by atoms with Crippen molar-refractivity contribution < 1.29 is 4.79 Å². The van der Waals surface area contributed by atoms with E-state index in [1.165, 1.54) is 22.5 Å². The summed E-state index contributed by atoms with van der Waals surface area (Å²) in [6, 6.07) is 15.4. The van der Waals surface area contributed by atoms with Gasteiger partial charge in [0.15, 0.2) is 0 Å². The number of piperidine rings is 1. The van der Waals surface area contributed by atoms with Crippen LogP contribution in [0.1, 0.15) is 105 Å². The van der Waals surface area contributed by atoms with E-state index in [0.29, 0.717) is 17.1 Å². The number of amides is 1. The largest absolute Gasteiger partial charge is 0.357 e. The molecule has 7 heteroatoms. The van der Waals surface area contributed by atoms with Gasteiger partial charge in [-0.05, 0) is 52.8 Å². The summed E-state index contributed by atoms with van der Waals surface area (Å²) in [5, 5.41) is 16.5. The highest BCUT2D eigenvalue weighted by atomic mass is 32.1. The zero-order valence-corrected chi connectivity index (χ0v) is 23.9. The third-order valence-electron chi connectivity index (χ3n) is 7.17. The lowest BCUT2D eigenvalue weighted by molar-refractivity contribution is 0.102. The summed E-state index contributed by atoms with van der Waals surface area (Å²) < 4.78 is 0.